The normalized spacial score (nSPS) is 11.2. The molecule has 0 saturated carbocycles. The van der Waals surface area contributed by atoms with E-state index in [2.05, 4.69) is 20.6 Å². The second-order valence-corrected chi connectivity index (χ2v) is 8.03. The Morgan fingerprint density at radius 2 is 2.00 bits per heavy atom. The van der Waals surface area contributed by atoms with Crippen molar-refractivity contribution in [2.24, 2.45) is 0 Å². The Morgan fingerprint density at radius 1 is 1.19 bits per heavy atom. The maximum absolute atomic E-state index is 12.6. The maximum Gasteiger partial charge on any atom is 0.274 e. The maximum atomic E-state index is 12.6. The van der Waals surface area contributed by atoms with Gasteiger partial charge in [-0.15, -0.1) is 11.3 Å². The number of hydrogen-bond donors (Lipinski definition) is 3. The van der Waals surface area contributed by atoms with Gasteiger partial charge in [-0.25, -0.2) is 0 Å². The Kier molecular flexibility index (Phi) is 5.47. The van der Waals surface area contributed by atoms with Gasteiger partial charge in [-0.2, -0.15) is 4.98 Å². The van der Waals surface area contributed by atoms with Crippen molar-refractivity contribution in [3.63, 3.8) is 0 Å². The van der Waals surface area contributed by atoms with Crippen molar-refractivity contribution in [1.82, 2.24) is 20.6 Å². The second kappa shape index (κ2) is 8.23. The number of thiophene rings is 1. The number of rotatable bonds is 6. The van der Waals surface area contributed by atoms with Gasteiger partial charge in [-0.1, -0.05) is 30.2 Å². The zero-order chi connectivity index (χ0) is 22.1. The van der Waals surface area contributed by atoms with Crippen LogP contribution in [0, 0.1) is 0 Å². The fourth-order valence-electron chi connectivity index (χ4n) is 3.14. The third-order valence-electron chi connectivity index (χ3n) is 4.64. The molecular weight excluding hydrogens is 420 g/mol. The molecule has 0 aliphatic rings. The van der Waals surface area contributed by atoms with Crippen molar-refractivity contribution in [2.45, 2.75) is 26.7 Å². The molecule has 0 fully saturated rings. The van der Waals surface area contributed by atoms with Crippen LogP contribution in [0.15, 0.2) is 38.7 Å². The molecule has 31 heavy (non-hydrogen) atoms. The number of phenolic OH excluding ortho intramolecular Hbond substituents is 2. The van der Waals surface area contributed by atoms with Crippen molar-refractivity contribution in [3.05, 3.63) is 40.9 Å². The number of carbonyl (C=O) groups is 1. The molecule has 0 atom stereocenters. The molecule has 4 rings (SSSR count). The van der Waals surface area contributed by atoms with E-state index in [1.807, 2.05) is 31.4 Å². The van der Waals surface area contributed by atoms with Gasteiger partial charge in [-0.3, -0.25) is 4.79 Å². The number of aromatic nitrogens is 3. The Balaban J connectivity index is 1.91. The zero-order valence-corrected chi connectivity index (χ0v) is 17.9. The molecule has 160 valence electrons. The van der Waals surface area contributed by atoms with Crippen LogP contribution in [0.25, 0.3) is 33.5 Å². The summed E-state index contributed by atoms with van der Waals surface area (Å²) in [5.74, 6) is -0.290. The highest BCUT2D eigenvalue weighted by Gasteiger charge is 2.30. The molecule has 0 unspecified atom stereocenters. The van der Waals surface area contributed by atoms with Gasteiger partial charge >= 0.3 is 0 Å². The molecule has 3 heterocycles. The molecule has 3 aromatic heterocycles. The van der Waals surface area contributed by atoms with E-state index in [9.17, 15) is 15.0 Å². The minimum Gasteiger partial charge on any atom is -0.508 e. The monoisotopic (exact) mass is 440 g/mol. The van der Waals surface area contributed by atoms with Gasteiger partial charge in [0.05, 0.1) is 10.4 Å². The largest absolute Gasteiger partial charge is 0.508 e. The number of hydrogen-bond acceptors (Lipinski definition) is 9. The minimum atomic E-state index is -0.475. The van der Waals surface area contributed by atoms with E-state index >= 15 is 0 Å². The van der Waals surface area contributed by atoms with E-state index < -0.39 is 5.91 Å². The standard InChI is InChI=1S/C21H20N4O5S/c1-4-22-20(28)17-16(19-23-21(30-25-19)15-6-5-7-31-15)18(29-24-17)12-8-11(10(2)3)13(26)9-14(12)27/h5-10,26-27H,4H2,1-3H3,(H,22,28). The van der Waals surface area contributed by atoms with Gasteiger partial charge in [-0.05, 0) is 35.9 Å². The predicted octanol–water partition coefficient (Wildman–Crippen LogP) is 4.40. The summed E-state index contributed by atoms with van der Waals surface area (Å²) in [5, 5.41) is 33.2. The van der Waals surface area contributed by atoms with E-state index in [4.69, 9.17) is 9.05 Å². The molecule has 0 bridgehead atoms. The topological polar surface area (TPSA) is 135 Å². The molecule has 10 heteroatoms. The van der Waals surface area contributed by atoms with Gasteiger partial charge in [0.1, 0.15) is 17.1 Å². The average Bonchev–Trinajstić information content (AvgIpc) is 3.47. The van der Waals surface area contributed by atoms with Crippen molar-refractivity contribution in [3.8, 4) is 45.0 Å². The Hall–Kier alpha value is -3.66. The van der Waals surface area contributed by atoms with Gasteiger partial charge in [0, 0.05) is 12.6 Å². The first kappa shape index (κ1) is 20.6. The summed E-state index contributed by atoms with van der Waals surface area (Å²) < 4.78 is 10.9. The molecule has 3 N–H and O–H groups in total. The van der Waals surface area contributed by atoms with Crippen LogP contribution < -0.4 is 5.32 Å². The summed E-state index contributed by atoms with van der Waals surface area (Å²) in [5.41, 5.74) is 1.01. The Labute approximate surface area is 181 Å². The van der Waals surface area contributed by atoms with Crippen LogP contribution >= 0.6 is 11.3 Å². The molecule has 1 amide bonds. The molecular formula is C21H20N4O5S. The van der Waals surface area contributed by atoms with Crippen molar-refractivity contribution < 1.29 is 24.1 Å². The van der Waals surface area contributed by atoms with Gasteiger partial charge < -0.3 is 24.6 Å². The lowest BCUT2D eigenvalue weighted by atomic mass is 9.96. The number of nitrogens with one attached hydrogen (secondary N) is 1. The summed E-state index contributed by atoms with van der Waals surface area (Å²) in [4.78, 5) is 17.8. The molecule has 0 aliphatic heterocycles. The average molecular weight is 440 g/mol. The van der Waals surface area contributed by atoms with Gasteiger partial charge in [0.2, 0.25) is 5.82 Å². The summed E-state index contributed by atoms with van der Waals surface area (Å²) >= 11 is 1.43. The molecule has 9 nitrogen and oxygen atoms in total. The number of carbonyl (C=O) groups excluding carboxylic acids is 1. The summed E-state index contributed by atoms with van der Waals surface area (Å²) in [6.07, 6.45) is 0. The molecule has 0 saturated heterocycles. The lowest BCUT2D eigenvalue weighted by molar-refractivity contribution is 0.0947. The van der Waals surface area contributed by atoms with E-state index in [0.29, 0.717) is 12.1 Å². The summed E-state index contributed by atoms with van der Waals surface area (Å²) in [7, 11) is 0. The smallest absolute Gasteiger partial charge is 0.274 e. The molecule has 0 spiro atoms. The first-order valence-electron chi connectivity index (χ1n) is 9.62. The first-order chi connectivity index (χ1) is 14.9. The van der Waals surface area contributed by atoms with Crippen LogP contribution in [0.2, 0.25) is 0 Å². The van der Waals surface area contributed by atoms with Crippen molar-refractivity contribution in [2.75, 3.05) is 6.54 Å². The molecule has 0 radical (unpaired) electrons. The predicted molar refractivity (Wildman–Crippen MR) is 114 cm³/mol. The first-order valence-corrected chi connectivity index (χ1v) is 10.5. The highest BCUT2D eigenvalue weighted by Crippen LogP contribution is 2.42. The van der Waals surface area contributed by atoms with Crippen LogP contribution in [0.3, 0.4) is 0 Å². The fourth-order valence-corrected chi connectivity index (χ4v) is 3.79. The minimum absolute atomic E-state index is 0.0239. The third kappa shape index (κ3) is 3.77. The number of nitrogens with zero attached hydrogens (tertiary/aromatic N) is 3. The van der Waals surface area contributed by atoms with Crippen LogP contribution in [0.4, 0.5) is 0 Å². The van der Waals surface area contributed by atoms with Crippen molar-refractivity contribution >= 4 is 17.2 Å². The van der Waals surface area contributed by atoms with Gasteiger partial charge in [0.25, 0.3) is 11.8 Å². The molecule has 4 aromatic rings. The number of aromatic hydroxyl groups is 2. The van der Waals surface area contributed by atoms with E-state index in [1.54, 1.807) is 13.0 Å². The molecule has 0 aliphatic carbocycles. The van der Waals surface area contributed by atoms with Crippen LogP contribution in [0.1, 0.15) is 42.7 Å². The summed E-state index contributed by atoms with van der Waals surface area (Å²) in [6, 6.07) is 6.52. The second-order valence-electron chi connectivity index (χ2n) is 7.08. The number of benzene rings is 1. The highest BCUT2D eigenvalue weighted by atomic mass is 32.1. The third-order valence-corrected chi connectivity index (χ3v) is 5.50. The van der Waals surface area contributed by atoms with Crippen LogP contribution in [0.5, 0.6) is 11.5 Å². The van der Waals surface area contributed by atoms with E-state index in [0.717, 1.165) is 4.88 Å². The zero-order valence-electron chi connectivity index (χ0n) is 17.0. The van der Waals surface area contributed by atoms with E-state index in [-0.39, 0.29) is 51.7 Å². The van der Waals surface area contributed by atoms with Crippen LogP contribution in [-0.2, 0) is 0 Å². The number of amides is 1. The lowest BCUT2D eigenvalue weighted by Gasteiger charge is -2.11. The highest BCUT2D eigenvalue weighted by molar-refractivity contribution is 7.13. The fraction of sp³-hybridized carbons (Fsp3) is 0.238. The summed E-state index contributed by atoms with van der Waals surface area (Å²) in [6.45, 7) is 5.98. The SMILES string of the molecule is CCNC(=O)c1noc(-c2cc(C(C)C)c(O)cc2O)c1-c1noc(-c2cccs2)n1. The van der Waals surface area contributed by atoms with E-state index in [1.165, 1.54) is 17.4 Å². The number of phenols is 2. The Bertz CT molecular complexity index is 1230. The Morgan fingerprint density at radius 3 is 2.68 bits per heavy atom. The van der Waals surface area contributed by atoms with Gasteiger partial charge in [0.15, 0.2) is 11.5 Å². The lowest BCUT2D eigenvalue weighted by Crippen LogP contribution is -2.23. The molecule has 1 aromatic carbocycles. The van der Waals surface area contributed by atoms with Crippen molar-refractivity contribution in [1.29, 1.82) is 0 Å². The van der Waals surface area contributed by atoms with Crippen LogP contribution in [-0.4, -0.2) is 38.0 Å². The quantitative estimate of drug-likeness (QED) is 0.401.